The van der Waals surface area contributed by atoms with Gasteiger partial charge in [-0.3, -0.25) is 0 Å². The molecule has 0 saturated heterocycles. The fourth-order valence-electron chi connectivity index (χ4n) is 1.61. The Morgan fingerprint density at radius 2 is 2.29 bits per heavy atom. The molecule has 0 spiro atoms. The van der Waals surface area contributed by atoms with Crippen LogP contribution in [0.2, 0.25) is 0 Å². The highest BCUT2D eigenvalue weighted by molar-refractivity contribution is 9.10. The molecule has 1 aromatic heterocycles. The molecule has 1 atom stereocenters. The summed E-state index contributed by atoms with van der Waals surface area (Å²) in [6.07, 6.45) is 2.24. The van der Waals surface area contributed by atoms with Crippen LogP contribution >= 0.6 is 15.9 Å². The first-order valence-corrected chi connectivity index (χ1v) is 5.46. The molecule has 0 amide bonds. The summed E-state index contributed by atoms with van der Waals surface area (Å²) in [6, 6.07) is 6.02. The van der Waals surface area contributed by atoms with Crippen molar-refractivity contribution in [3.63, 3.8) is 0 Å². The quantitative estimate of drug-likeness (QED) is 0.846. The zero-order chi connectivity index (χ0) is 10.1. The van der Waals surface area contributed by atoms with Crippen molar-refractivity contribution < 1.29 is 5.11 Å². The Morgan fingerprint density at radius 1 is 1.50 bits per heavy atom. The topological polar surface area (TPSA) is 36.0 Å². The Kier molecular flexibility index (Phi) is 2.61. The second-order valence-corrected chi connectivity index (χ2v) is 4.27. The van der Waals surface area contributed by atoms with Crippen molar-refractivity contribution in [2.24, 2.45) is 0 Å². The molecule has 0 aliphatic rings. The molecule has 2 rings (SSSR count). The van der Waals surface area contributed by atoms with Crippen LogP contribution in [0, 0.1) is 0 Å². The van der Waals surface area contributed by atoms with Crippen molar-refractivity contribution in [2.45, 2.75) is 19.4 Å². The molecule has 2 aromatic rings. The van der Waals surface area contributed by atoms with E-state index in [0.717, 1.165) is 27.4 Å². The van der Waals surface area contributed by atoms with Crippen molar-refractivity contribution in [3.05, 3.63) is 34.4 Å². The van der Waals surface area contributed by atoms with Gasteiger partial charge >= 0.3 is 0 Å². The Labute approximate surface area is 91.1 Å². The minimum atomic E-state index is -0.377. The van der Waals surface area contributed by atoms with Crippen LogP contribution < -0.4 is 0 Å². The molecule has 0 bridgehead atoms. The highest BCUT2D eigenvalue weighted by Gasteiger charge is 2.10. The number of hydrogen-bond donors (Lipinski definition) is 2. The van der Waals surface area contributed by atoms with Gasteiger partial charge in [-0.05, 0) is 24.6 Å². The number of aromatic amines is 1. The molecule has 0 aliphatic carbocycles. The van der Waals surface area contributed by atoms with Gasteiger partial charge in [0.15, 0.2) is 0 Å². The molecular weight excluding hydrogens is 242 g/mol. The van der Waals surface area contributed by atoms with Crippen LogP contribution in [0.25, 0.3) is 10.9 Å². The van der Waals surface area contributed by atoms with Gasteiger partial charge in [-0.15, -0.1) is 0 Å². The summed E-state index contributed by atoms with van der Waals surface area (Å²) in [5, 5.41) is 10.9. The van der Waals surface area contributed by atoms with Gasteiger partial charge in [0.25, 0.3) is 0 Å². The Hall–Kier alpha value is -0.800. The third-order valence-corrected chi connectivity index (χ3v) is 2.91. The number of H-pyrrole nitrogens is 1. The number of aliphatic hydroxyl groups excluding tert-OH is 1. The fourth-order valence-corrected chi connectivity index (χ4v) is 1.97. The fraction of sp³-hybridized carbons (Fsp3) is 0.273. The van der Waals surface area contributed by atoms with Crippen LogP contribution in [0.4, 0.5) is 0 Å². The molecule has 74 valence electrons. The van der Waals surface area contributed by atoms with E-state index in [2.05, 4.69) is 20.9 Å². The van der Waals surface area contributed by atoms with Gasteiger partial charge in [0, 0.05) is 27.1 Å². The number of hydrogen-bond acceptors (Lipinski definition) is 1. The maximum absolute atomic E-state index is 9.77. The monoisotopic (exact) mass is 253 g/mol. The molecule has 2 N–H and O–H groups in total. The lowest BCUT2D eigenvalue weighted by molar-refractivity contribution is 0.175. The first-order valence-electron chi connectivity index (χ1n) is 4.67. The second kappa shape index (κ2) is 3.75. The zero-order valence-corrected chi connectivity index (χ0v) is 9.51. The van der Waals surface area contributed by atoms with Crippen molar-refractivity contribution >= 4 is 26.8 Å². The average Bonchev–Trinajstić information content (AvgIpc) is 2.59. The van der Waals surface area contributed by atoms with Crippen LogP contribution in [0.5, 0.6) is 0 Å². The smallest absolute Gasteiger partial charge is 0.0808 e. The number of fused-ring (bicyclic) bond motifs is 1. The lowest BCUT2D eigenvalue weighted by Crippen LogP contribution is -1.92. The molecule has 14 heavy (non-hydrogen) atoms. The van der Waals surface area contributed by atoms with Crippen LogP contribution in [0.15, 0.2) is 28.9 Å². The third-order valence-electron chi connectivity index (χ3n) is 2.42. The van der Waals surface area contributed by atoms with Gasteiger partial charge in [-0.1, -0.05) is 22.9 Å². The van der Waals surface area contributed by atoms with Crippen LogP contribution in [-0.4, -0.2) is 10.1 Å². The second-order valence-electron chi connectivity index (χ2n) is 3.36. The molecule has 0 aliphatic heterocycles. The number of nitrogens with one attached hydrogen (secondary N) is 1. The molecule has 1 aromatic carbocycles. The molecule has 2 nitrogen and oxygen atoms in total. The third kappa shape index (κ3) is 1.57. The summed E-state index contributed by atoms with van der Waals surface area (Å²) in [4.78, 5) is 3.15. The zero-order valence-electron chi connectivity index (χ0n) is 7.92. The minimum absolute atomic E-state index is 0.377. The van der Waals surface area contributed by atoms with E-state index in [0.29, 0.717) is 0 Å². The van der Waals surface area contributed by atoms with Gasteiger partial charge in [-0.2, -0.15) is 0 Å². The lowest BCUT2D eigenvalue weighted by Gasteiger charge is -2.05. The summed E-state index contributed by atoms with van der Waals surface area (Å²) in [6.45, 7) is 1.97. The number of aliphatic hydroxyl groups is 1. The number of rotatable bonds is 2. The van der Waals surface area contributed by atoms with Gasteiger partial charge in [-0.25, -0.2) is 0 Å². The van der Waals surface area contributed by atoms with Crippen molar-refractivity contribution in [1.82, 2.24) is 4.98 Å². The summed E-state index contributed by atoms with van der Waals surface area (Å²) >= 11 is 3.43. The van der Waals surface area contributed by atoms with E-state index < -0.39 is 0 Å². The number of aromatic nitrogens is 1. The number of halogens is 1. The van der Waals surface area contributed by atoms with E-state index in [-0.39, 0.29) is 6.10 Å². The van der Waals surface area contributed by atoms with Gasteiger partial charge in [0.05, 0.1) is 6.10 Å². The normalized spacial score (nSPS) is 13.4. The van der Waals surface area contributed by atoms with Crippen molar-refractivity contribution in [1.29, 1.82) is 0 Å². The SMILES string of the molecule is CC[C@H](O)c1c[nH]c2ccc(Br)cc12. The van der Waals surface area contributed by atoms with Gasteiger partial charge < -0.3 is 10.1 Å². The predicted molar refractivity (Wildman–Crippen MR) is 61.2 cm³/mol. The lowest BCUT2D eigenvalue weighted by atomic mass is 10.1. The maximum Gasteiger partial charge on any atom is 0.0808 e. The van der Waals surface area contributed by atoms with E-state index in [1.54, 1.807) is 0 Å². The van der Waals surface area contributed by atoms with Crippen molar-refractivity contribution in [3.8, 4) is 0 Å². The van der Waals surface area contributed by atoms with E-state index in [1.807, 2.05) is 31.3 Å². The van der Waals surface area contributed by atoms with Crippen LogP contribution in [-0.2, 0) is 0 Å². The summed E-state index contributed by atoms with van der Waals surface area (Å²) in [5.74, 6) is 0. The Balaban J connectivity index is 2.61. The highest BCUT2D eigenvalue weighted by atomic mass is 79.9. The standard InChI is InChI=1S/C11H12BrNO/c1-2-11(14)9-6-13-10-4-3-7(12)5-8(9)10/h3-6,11,13-14H,2H2,1H3/t11-/m0/s1. The van der Waals surface area contributed by atoms with E-state index in [9.17, 15) is 5.11 Å². The summed E-state index contributed by atoms with van der Waals surface area (Å²) in [5.41, 5.74) is 2.04. The minimum Gasteiger partial charge on any atom is -0.388 e. The Morgan fingerprint density at radius 3 is 3.00 bits per heavy atom. The first kappa shape index (κ1) is 9.74. The van der Waals surface area contributed by atoms with Crippen molar-refractivity contribution in [2.75, 3.05) is 0 Å². The molecule has 0 radical (unpaired) electrons. The van der Waals surface area contributed by atoms with Gasteiger partial charge in [0.1, 0.15) is 0 Å². The van der Waals surface area contributed by atoms with Gasteiger partial charge in [0.2, 0.25) is 0 Å². The average molecular weight is 254 g/mol. The molecular formula is C11H12BrNO. The van der Waals surface area contributed by atoms with E-state index >= 15 is 0 Å². The maximum atomic E-state index is 9.77. The molecule has 3 heteroatoms. The largest absolute Gasteiger partial charge is 0.388 e. The highest BCUT2D eigenvalue weighted by Crippen LogP contribution is 2.28. The molecule has 0 unspecified atom stereocenters. The predicted octanol–water partition coefficient (Wildman–Crippen LogP) is 3.37. The number of benzene rings is 1. The molecule has 0 fully saturated rings. The van der Waals surface area contributed by atoms with E-state index in [1.165, 1.54) is 0 Å². The van der Waals surface area contributed by atoms with Crippen LogP contribution in [0.3, 0.4) is 0 Å². The summed E-state index contributed by atoms with van der Waals surface area (Å²) in [7, 11) is 0. The molecule has 0 saturated carbocycles. The van der Waals surface area contributed by atoms with E-state index in [4.69, 9.17) is 0 Å². The molecule has 1 heterocycles. The first-order chi connectivity index (χ1) is 6.72. The summed E-state index contributed by atoms with van der Waals surface area (Å²) < 4.78 is 1.04. The Bertz CT molecular complexity index is 449. The van der Waals surface area contributed by atoms with Crippen LogP contribution in [0.1, 0.15) is 25.0 Å².